The van der Waals surface area contributed by atoms with Crippen LogP contribution in [0, 0.1) is 23.7 Å². The molecule has 0 radical (unpaired) electrons. The van der Waals surface area contributed by atoms with Crippen LogP contribution in [0.15, 0.2) is 59.0 Å². The molecule has 234 valence electrons. The van der Waals surface area contributed by atoms with Crippen molar-refractivity contribution < 1.29 is 4.42 Å². The molecule has 1 saturated heterocycles. The second-order valence-corrected chi connectivity index (χ2v) is 14.1. The largest absolute Gasteiger partial charge is 0.423 e. The van der Waals surface area contributed by atoms with Crippen LogP contribution >= 0.6 is 11.6 Å². The Morgan fingerprint density at radius 1 is 0.860 bits per heavy atom. The van der Waals surface area contributed by atoms with E-state index < -0.39 is 0 Å². The van der Waals surface area contributed by atoms with Crippen molar-refractivity contribution in [2.24, 2.45) is 23.7 Å². The number of nitrogens with zero attached hydrogens (tertiary/aromatic N) is 4. The van der Waals surface area contributed by atoms with Gasteiger partial charge < -0.3 is 14.2 Å². The molecular weight excluding hydrogens is 552 g/mol. The Labute approximate surface area is 265 Å². The van der Waals surface area contributed by atoms with Gasteiger partial charge in [0, 0.05) is 30.6 Å². The van der Waals surface area contributed by atoms with Crippen LogP contribution in [0.4, 0.5) is 5.88 Å². The number of aromatic nitrogens is 1. The van der Waals surface area contributed by atoms with Gasteiger partial charge in [-0.15, -0.1) is 0 Å². The summed E-state index contributed by atoms with van der Waals surface area (Å²) in [4.78, 5) is 12.9. The highest BCUT2D eigenvalue weighted by molar-refractivity contribution is 6.30. The summed E-state index contributed by atoms with van der Waals surface area (Å²) in [5.74, 6) is 4.40. The van der Waals surface area contributed by atoms with E-state index in [1.807, 2.05) is 12.1 Å². The van der Waals surface area contributed by atoms with Crippen LogP contribution in [-0.4, -0.2) is 55.1 Å². The molecule has 5 rings (SSSR count). The summed E-state index contributed by atoms with van der Waals surface area (Å²) in [7, 11) is 4.43. The fourth-order valence-corrected chi connectivity index (χ4v) is 8.30. The fourth-order valence-electron chi connectivity index (χ4n) is 8.17. The van der Waals surface area contributed by atoms with E-state index in [0.717, 1.165) is 55.1 Å². The smallest absolute Gasteiger partial charge is 0.220 e. The number of oxazole rings is 1. The molecule has 2 aromatic carbocycles. The Balaban J connectivity index is 1.43. The highest BCUT2D eigenvalue weighted by Gasteiger charge is 2.39. The summed E-state index contributed by atoms with van der Waals surface area (Å²) in [6.07, 6.45) is 6.88. The zero-order chi connectivity index (χ0) is 30.5. The minimum atomic E-state index is 0.201. The molecule has 2 heterocycles. The van der Waals surface area contributed by atoms with Gasteiger partial charge in [-0.1, -0.05) is 81.8 Å². The van der Waals surface area contributed by atoms with Gasteiger partial charge in [0.15, 0.2) is 0 Å². The molecule has 3 aromatic rings. The van der Waals surface area contributed by atoms with Crippen molar-refractivity contribution in [2.75, 3.05) is 45.2 Å². The lowest BCUT2D eigenvalue weighted by Gasteiger charge is -2.41. The summed E-state index contributed by atoms with van der Waals surface area (Å²) in [5, 5.41) is 0.803. The Bertz CT molecular complexity index is 1250. The maximum absolute atomic E-state index is 6.97. The maximum Gasteiger partial charge on any atom is 0.220 e. The van der Waals surface area contributed by atoms with Gasteiger partial charge in [-0.3, -0.25) is 4.90 Å². The number of halogens is 1. The highest BCUT2D eigenvalue weighted by atomic mass is 35.5. The number of anilines is 1. The molecule has 2 aliphatic rings. The number of rotatable bonds is 11. The number of benzene rings is 2. The average Bonchev–Trinajstić information content (AvgIpc) is 3.40. The van der Waals surface area contributed by atoms with Crippen molar-refractivity contribution in [3.05, 3.63) is 82.3 Å². The first-order chi connectivity index (χ1) is 20.8. The fraction of sp³-hybridized carbons (Fsp3) is 0.595. The van der Waals surface area contributed by atoms with Gasteiger partial charge in [-0.25, -0.2) is 4.98 Å². The van der Waals surface area contributed by atoms with E-state index in [9.17, 15) is 0 Å². The van der Waals surface area contributed by atoms with Gasteiger partial charge in [0.25, 0.3) is 0 Å². The van der Waals surface area contributed by atoms with Crippen LogP contribution in [0.2, 0.25) is 5.02 Å². The lowest BCUT2D eigenvalue weighted by atomic mass is 9.73. The summed E-state index contributed by atoms with van der Waals surface area (Å²) < 4.78 is 6.97. The van der Waals surface area contributed by atoms with E-state index in [2.05, 4.69) is 99.0 Å². The first-order valence-corrected chi connectivity index (χ1v) is 17.1. The van der Waals surface area contributed by atoms with Crippen LogP contribution in [-0.2, 0) is 6.42 Å². The van der Waals surface area contributed by atoms with Gasteiger partial charge in [0.1, 0.15) is 5.69 Å². The molecule has 6 heteroatoms. The second-order valence-electron chi connectivity index (χ2n) is 13.6. The average molecular weight is 605 g/mol. The Hall–Kier alpha value is -2.34. The SMILES string of the molecule is CCN(CC)C(c1nc(Cc2ccccc2)c(N2CC(C)CC(C)C2)o1)C1CCC(C(c2ccc(Cl)cc2)N(C)C)CC1. The molecule has 1 saturated carbocycles. The zero-order valence-corrected chi connectivity index (χ0v) is 28.1. The third-order valence-electron chi connectivity index (χ3n) is 10.00. The minimum Gasteiger partial charge on any atom is -0.423 e. The van der Waals surface area contributed by atoms with E-state index in [1.165, 1.54) is 43.2 Å². The molecule has 2 fully saturated rings. The summed E-state index contributed by atoms with van der Waals surface area (Å²) in [6, 6.07) is 19.9. The van der Waals surface area contributed by atoms with Gasteiger partial charge in [-0.2, -0.15) is 0 Å². The van der Waals surface area contributed by atoms with Gasteiger partial charge >= 0.3 is 0 Å². The molecule has 0 spiro atoms. The number of hydrogen-bond donors (Lipinski definition) is 0. The molecule has 0 amide bonds. The van der Waals surface area contributed by atoms with Crippen molar-refractivity contribution in [3.63, 3.8) is 0 Å². The van der Waals surface area contributed by atoms with Gasteiger partial charge in [-0.05, 0) is 106 Å². The van der Waals surface area contributed by atoms with Crippen molar-refractivity contribution >= 4 is 17.5 Å². The van der Waals surface area contributed by atoms with Crippen molar-refractivity contribution in [1.29, 1.82) is 0 Å². The van der Waals surface area contributed by atoms with Crippen LogP contribution in [0.5, 0.6) is 0 Å². The van der Waals surface area contributed by atoms with E-state index in [0.29, 0.717) is 29.7 Å². The third kappa shape index (κ3) is 7.67. The van der Waals surface area contributed by atoms with Crippen LogP contribution in [0.25, 0.3) is 0 Å². The minimum absolute atomic E-state index is 0.201. The Morgan fingerprint density at radius 3 is 2.00 bits per heavy atom. The van der Waals surface area contributed by atoms with Crippen molar-refractivity contribution in [2.45, 2.75) is 78.3 Å². The molecule has 4 atom stereocenters. The van der Waals surface area contributed by atoms with Crippen LogP contribution in [0.1, 0.15) is 94.6 Å². The molecular formula is C37H53ClN4O. The second kappa shape index (κ2) is 14.6. The lowest BCUT2D eigenvalue weighted by molar-refractivity contribution is 0.0737. The van der Waals surface area contributed by atoms with E-state index in [4.69, 9.17) is 21.0 Å². The van der Waals surface area contributed by atoms with Crippen molar-refractivity contribution in [3.8, 4) is 0 Å². The number of piperidine rings is 1. The molecule has 1 aliphatic carbocycles. The predicted molar refractivity (Wildman–Crippen MR) is 180 cm³/mol. The molecule has 1 aliphatic heterocycles. The molecule has 1 aromatic heterocycles. The van der Waals surface area contributed by atoms with Gasteiger partial charge in [0.2, 0.25) is 11.8 Å². The number of hydrogen-bond acceptors (Lipinski definition) is 5. The highest BCUT2D eigenvalue weighted by Crippen LogP contribution is 2.46. The zero-order valence-electron chi connectivity index (χ0n) is 27.3. The molecule has 0 N–H and O–H groups in total. The van der Waals surface area contributed by atoms with Crippen LogP contribution in [0.3, 0.4) is 0 Å². The summed E-state index contributed by atoms with van der Waals surface area (Å²) in [6.45, 7) is 13.4. The first-order valence-electron chi connectivity index (χ1n) is 16.7. The Kier molecular flexibility index (Phi) is 10.9. The monoisotopic (exact) mass is 604 g/mol. The standard InChI is InChI=1S/C37H53ClN4O/c1-7-41(8-2)35(31-16-14-29(15-17-31)34(40(5)6)30-18-20-32(38)21-19-30)36-39-33(23-28-12-10-9-11-13-28)37(43-36)42-24-26(3)22-27(4)25-42/h9-13,18-21,26-27,29,31,34-35H,7-8,14-17,22-25H2,1-6H3. The maximum atomic E-state index is 6.97. The normalized spacial score (nSPS) is 24.4. The third-order valence-corrected chi connectivity index (χ3v) is 10.3. The van der Waals surface area contributed by atoms with Crippen molar-refractivity contribution in [1.82, 2.24) is 14.8 Å². The molecule has 5 nitrogen and oxygen atoms in total. The topological polar surface area (TPSA) is 35.8 Å². The summed E-state index contributed by atoms with van der Waals surface area (Å²) >= 11 is 6.24. The predicted octanol–water partition coefficient (Wildman–Crippen LogP) is 8.89. The van der Waals surface area contributed by atoms with Gasteiger partial charge in [0.05, 0.1) is 6.04 Å². The quantitative estimate of drug-likeness (QED) is 0.218. The lowest BCUT2D eigenvalue weighted by Crippen LogP contribution is -2.39. The Morgan fingerprint density at radius 2 is 1.44 bits per heavy atom. The molecule has 43 heavy (non-hydrogen) atoms. The van der Waals surface area contributed by atoms with E-state index >= 15 is 0 Å². The van der Waals surface area contributed by atoms with E-state index in [1.54, 1.807) is 0 Å². The summed E-state index contributed by atoms with van der Waals surface area (Å²) in [5.41, 5.74) is 3.76. The van der Waals surface area contributed by atoms with E-state index in [-0.39, 0.29) is 6.04 Å². The molecule has 4 unspecified atom stereocenters. The first kappa shape index (κ1) is 32.1. The molecule has 0 bridgehead atoms. The van der Waals surface area contributed by atoms with Crippen LogP contribution < -0.4 is 4.90 Å².